The van der Waals surface area contributed by atoms with Crippen LogP contribution in [0.1, 0.15) is 40.3 Å². The molecule has 3 aromatic rings. The van der Waals surface area contributed by atoms with Gasteiger partial charge in [-0.25, -0.2) is 0 Å². The third-order valence-corrected chi connectivity index (χ3v) is 6.04. The van der Waals surface area contributed by atoms with Gasteiger partial charge in [-0.3, -0.25) is 9.88 Å². The van der Waals surface area contributed by atoms with Crippen molar-refractivity contribution in [2.45, 2.75) is 45.5 Å². The Morgan fingerprint density at radius 2 is 1.90 bits per heavy atom. The summed E-state index contributed by atoms with van der Waals surface area (Å²) in [5.74, 6) is 0. The van der Waals surface area contributed by atoms with Gasteiger partial charge in [0, 0.05) is 36.6 Å². The predicted octanol–water partition coefficient (Wildman–Crippen LogP) is 6.00. The Morgan fingerprint density at radius 3 is 2.61 bits per heavy atom. The van der Waals surface area contributed by atoms with Crippen LogP contribution in [0.15, 0.2) is 54.7 Å². The maximum absolute atomic E-state index is 13.0. The Bertz CT molecular complexity index is 1070. The molecule has 2 N–H and O–H groups in total. The average Bonchev–Trinajstić information content (AvgIpc) is 2.73. The molecule has 6 heteroatoms. The molecule has 2 heterocycles. The van der Waals surface area contributed by atoms with Gasteiger partial charge >= 0.3 is 6.18 Å². The summed E-state index contributed by atoms with van der Waals surface area (Å²) in [6.45, 7) is 4.42. The van der Waals surface area contributed by atoms with Crippen molar-refractivity contribution >= 4 is 5.69 Å². The quantitative estimate of drug-likeness (QED) is 0.522. The van der Waals surface area contributed by atoms with Gasteiger partial charge in [0.25, 0.3) is 0 Å². The van der Waals surface area contributed by atoms with Crippen molar-refractivity contribution in [3.8, 4) is 11.3 Å². The molecule has 0 saturated heterocycles. The second-order valence-corrected chi connectivity index (χ2v) is 8.34. The summed E-state index contributed by atoms with van der Waals surface area (Å²) in [5, 5.41) is 0. The van der Waals surface area contributed by atoms with E-state index in [1.54, 1.807) is 0 Å². The number of nitrogens with zero attached hydrogens (tertiary/aromatic N) is 2. The van der Waals surface area contributed by atoms with E-state index in [1.165, 1.54) is 0 Å². The van der Waals surface area contributed by atoms with E-state index in [9.17, 15) is 13.2 Å². The third kappa shape index (κ3) is 4.74. The molecule has 1 aliphatic rings. The van der Waals surface area contributed by atoms with E-state index in [-0.39, 0.29) is 12.6 Å². The molecule has 0 amide bonds. The number of benzene rings is 2. The summed E-state index contributed by atoms with van der Waals surface area (Å²) in [6, 6.07) is 15.6. The maximum Gasteiger partial charge on any atom is 0.390 e. The zero-order valence-corrected chi connectivity index (χ0v) is 17.7. The summed E-state index contributed by atoms with van der Waals surface area (Å²) in [4.78, 5) is 6.47. The zero-order valence-electron chi connectivity index (χ0n) is 17.7. The molecule has 0 bridgehead atoms. The summed E-state index contributed by atoms with van der Waals surface area (Å²) in [6.07, 6.45) is -2.61. The number of fused-ring (bicyclic) bond motifs is 1. The van der Waals surface area contributed by atoms with E-state index in [2.05, 4.69) is 11.1 Å². The minimum Gasteiger partial charge on any atom is -0.398 e. The number of nitrogen functional groups attached to an aromatic ring is 1. The van der Waals surface area contributed by atoms with Crippen LogP contribution < -0.4 is 5.73 Å². The first-order valence-corrected chi connectivity index (χ1v) is 10.4. The Balaban J connectivity index is 1.73. The molecular formula is C25H26F3N3. The number of pyridine rings is 1. The third-order valence-electron chi connectivity index (χ3n) is 6.04. The zero-order chi connectivity index (χ0) is 22.2. The normalized spacial score (nSPS) is 16.9. The van der Waals surface area contributed by atoms with Gasteiger partial charge in [0.1, 0.15) is 0 Å². The van der Waals surface area contributed by atoms with Crippen LogP contribution in [-0.4, -0.2) is 22.6 Å². The number of nitrogens with two attached hydrogens (primary N) is 1. The number of hydrogen-bond acceptors (Lipinski definition) is 3. The fraction of sp³-hybridized carbons (Fsp3) is 0.320. The molecule has 0 aliphatic carbocycles. The van der Waals surface area contributed by atoms with Crippen molar-refractivity contribution in [3.05, 3.63) is 82.5 Å². The van der Waals surface area contributed by atoms with Gasteiger partial charge in [-0.1, -0.05) is 30.3 Å². The highest BCUT2D eigenvalue weighted by molar-refractivity contribution is 5.65. The first kappa shape index (κ1) is 21.4. The highest BCUT2D eigenvalue weighted by atomic mass is 19.4. The first-order chi connectivity index (χ1) is 14.7. The summed E-state index contributed by atoms with van der Waals surface area (Å²) < 4.78 is 39.0. The van der Waals surface area contributed by atoms with E-state index in [1.807, 2.05) is 67.4 Å². The van der Waals surface area contributed by atoms with Gasteiger partial charge in [-0.2, -0.15) is 13.2 Å². The Labute approximate surface area is 180 Å². The highest BCUT2D eigenvalue weighted by Crippen LogP contribution is 2.38. The monoisotopic (exact) mass is 425 g/mol. The SMILES string of the molecule is Cc1ccc(-c2cc(C3Cc4c(N)cccc4CN3CCC(F)(F)F)ccc2C)nc1. The lowest BCUT2D eigenvalue weighted by Gasteiger charge is -2.38. The second-order valence-electron chi connectivity index (χ2n) is 8.34. The molecule has 162 valence electrons. The van der Waals surface area contributed by atoms with Crippen molar-refractivity contribution in [2.75, 3.05) is 12.3 Å². The fourth-order valence-corrected chi connectivity index (χ4v) is 4.29. The molecule has 2 aromatic carbocycles. The predicted molar refractivity (Wildman–Crippen MR) is 118 cm³/mol. The van der Waals surface area contributed by atoms with Gasteiger partial charge in [0.05, 0.1) is 12.1 Å². The van der Waals surface area contributed by atoms with Crippen LogP contribution in [0.5, 0.6) is 0 Å². The van der Waals surface area contributed by atoms with E-state index >= 15 is 0 Å². The van der Waals surface area contributed by atoms with Gasteiger partial charge < -0.3 is 5.73 Å². The van der Waals surface area contributed by atoms with Crippen molar-refractivity contribution in [3.63, 3.8) is 0 Å². The van der Waals surface area contributed by atoms with Crippen LogP contribution in [0, 0.1) is 13.8 Å². The molecule has 1 atom stereocenters. The molecule has 4 rings (SSSR count). The number of alkyl halides is 3. The van der Waals surface area contributed by atoms with Crippen LogP contribution in [0.25, 0.3) is 11.3 Å². The maximum atomic E-state index is 13.0. The largest absolute Gasteiger partial charge is 0.398 e. The molecule has 0 fully saturated rings. The molecule has 0 saturated carbocycles. The van der Waals surface area contributed by atoms with Crippen molar-refractivity contribution in [2.24, 2.45) is 0 Å². The molecule has 0 spiro atoms. The molecule has 1 unspecified atom stereocenters. The molecular weight excluding hydrogens is 399 g/mol. The topological polar surface area (TPSA) is 42.1 Å². The van der Waals surface area contributed by atoms with Crippen LogP contribution >= 0.6 is 0 Å². The Morgan fingerprint density at radius 1 is 1.10 bits per heavy atom. The van der Waals surface area contributed by atoms with Crippen LogP contribution in [0.4, 0.5) is 18.9 Å². The van der Waals surface area contributed by atoms with E-state index in [0.29, 0.717) is 18.7 Å². The number of rotatable bonds is 4. The number of anilines is 1. The summed E-state index contributed by atoms with van der Waals surface area (Å²) in [7, 11) is 0. The lowest BCUT2D eigenvalue weighted by molar-refractivity contribution is -0.139. The van der Waals surface area contributed by atoms with E-state index < -0.39 is 12.6 Å². The number of aromatic nitrogens is 1. The van der Waals surface area contributed by atoms with Gasteiger partial charge in [-0.15, -0.1) is 0 Å². The lowest BCUT2D eigenvalue weighted by atomic mass is 9.87. The molecule has 1 aliphatic heterocycles. The van der Waals surface area contributed by atoms with Crippen LogP contribution in [0.3, 0.4) is 0 Å². The first-order valence-electron chi connectivity index (χ1n) is 10.4. The second kappa shape index (κ2) is 8.35. The van der Waals surface area contributed by atoms with E-state index in [4.69, 9.17) is 5.73 Å². The van der Waals surface area contributed by atoms with Gasteiger partial charge in [0.2, 0.25) is 0 Å². The van der Waals surface area contributed by atoms with Crippen LogP contribution in [-0.2, 0) is 13.0 Å². The molecule has 31 heavy (non-hydrogen) atoms. The lowest BCUT2D eigenvalue weighted by Crippen LogP contribution is -2.37. The number of hydrogen-bond donors (Lipinski definition) is 1. The minimum atomic E-state index is -4.19. The fourth-order valence-electron chi connectivity index (χ4n) is 4.29. The van der Waals surface area contributed by atoms with E-state index in [0.717, 1.165) is 39.1 Å². The minimum absolute atomic E-state index is 0.0472. The van der Waals surface area contributed by atoms with Crippen molar-refractivity contribution in [1.29, 1.82) is 0 Å². The summed E-state index contributed by atoms with van der Waals surface area (Å²) in [5.41, 5.74) is 14.0. The summed E-state index contributed by atoms with van der Waals surface area (Å²) >= 11 is 0. The number of halogens is 3. The van der Waals surface area contributed by atoms with Crippen molar-refractivity contribution < 1.29 is 13.2 Å². The van der Waals surface area contributed by atoms with Crippen molar-refractivity contribution in [1.82, 2.24) is 9.88 Å². The smallest absolute Gasteiger partial charge is 0.390 e. The molecule has 3 nitrogen and oxygen atoms in total. The Hall–Kier alpha value is -2.86. The molecule has 1 aromatic heterocycles. The van der Waals surface area contributed by atoms with Gasteiger partial charge in [0.15, 0.2) is 0 Å². The standard InChI is InChI=1S/C25H26F3N3/c1-16-6-9-23(30-14-16)20-12-18(8-7-17(20)2)24-13-21-19(4-3-5-22(21)29)15-31(24)11-10-25(26,27)28/h3-9,12,14,24H,10-11,13,15,29H2,1-2H3. The average molecular weight is 425 g/mol. The molecule has 0 radical (unpaired) electrons. The van der Waals surface area contributed by atoms with Gasteiger partial charge in [-0.05, 0) is 66.3 Å². The van der Waals surface area contributed by atoms with Crippen LogP contribution in [0.2, 0.25) is 0 Å². The highest BCUT2D eigenvalue weighted by Gasteiger charge is 2.33. The Kier molecular flexibility index (Phi) is 5.75. The number of aryl methyl sites for hydroxylation is 2.